The second-order valence-electron chi connectivity index (χ2n) is 5.20. The first-order valence-electron chi connectivity index (χ1n) is 7.28. The average molecular weight is 313 g/mol. The molecule has 0 saturated heterocycles. The summed E-state index contributed by atoms with van der Waals surface area (Å²) in [5.41, 5.74) is 1.48. The standard InChI is InChI=1S/C17H19N3O3/c1-13(17(22)23-2)11-20(12-14-3-7-18-8-4-14)16(21)15-5-9-19-10-6-15/h3-10,13H,11-12H2,1-2H3. The summed E-state index contributed by atoms with van der Waals surface area (Å²) >= 11 is 0. The lowest BCUT2D eigenvalue weighted by Gasteiger charge is -2.25. The van der Waals surface area contributed by atoms with Crippen molar-refractivity contribution in [2.45, 2.75) is 13.5 Å². The van der Waals surface area contributed by atoms with Crippen LogP contribution >= 0.6 is 0 Å². The van der Waals surface area contributed by atoms with Gasteiger partial charge in [0.15, 0.2) is 0 Å². The van der Waals surface area contributed by atoms with Crippen molar-refractivity contribution >= 4 is 11.9 Å². The lowest BCUT2D eigenvalue weighted by Crippen LogP contribution is -2.36. The zero-order chi connectivity index (χ0) is 16.7. The molecule has 2 rings (SSSR count). The predicted octanol–water partition coefficient (Wildman–Crippen LogP) is 1.93. The van der Waals surface area contributed by atoms with Gasteiger partial charge < -0.3 is 9.64 Å². The van der Waals surface area contributed by atoms with Gasteiger partial charge >= 0.3 is 5.97 Å². The van der Waals surface area contributed by atoms with Gasteiger partial charge in [-0.05, 0) is 29.8 Å². The number of ether oxygens (including phenoxy) is 1. The van der Waals surface area contributed by atoms with Crippen LogP contribution in [0.1, 0.15) is 22.8 Å². The van der Waals surface area contributed by atoms with Gasteiger partial charge in [-0.15, -0.1) is 0 Å². The molecule has 2 aromatic heterocycles. The first-order valence-corrected chi connectivity index (χ1v) is 7.28. The number of carbonyl (C=O) groups is 2. The maximum absolute atomic E-state index is 12.7. The average Bonchev–Trinajstić information content (AvgIpc) is 2.61. The van der Waals surface area contributed by atoms with Gasteiger partial charge in [0.1, 0.15) is 0 Å². The van der Waals surface area contributed by atoms with E-state index in [-0.39, 0.29) is 18.4 Å². The van der Waals surface area contributed by atoms with E-state index in [4.69, 9.17) is 4.74 Å². The first kappa shape index (κ1) is 16.6. The van der Waals surface area contributed by atoms with Crippen molar-refractivity contribution in [1.82, 2.24) is 14.9 Å². The number of hydrogen-bond acceptors (Lipinski definition) is 5. The van der Waals surface area contributed by atoms with Gasteiger partial charge in [-0.25, -0.2) is 0 Å². The summed E-state index contributed by atoms with van der Waals surface area (Å²) in [6.07, 6.45) is 6.49. The third-order valence-corrected chi connectivity index (χ3v) is 3.44. The number of esters is 1. The Bertz CT molecular complexity index is 647. The monoisotopic (exact) mass is 313 g/mol. The van der Waals surface area contributed by atoms with E-state index in [0.29, 0.717) is 12.1 Å². The largest absolute Gasteiger partial charge is 0.469 e. The highest BCUT2D eigenvalue weighted by Crippen LogP contribution is 2.12. The molecule has 2 aromatic rings. The van der Waals surface area contributed by atoms with Crippen LogP contribution in [0.4, 0.5) is 0 Å². The molecule has 0 saturated carbocycles. The van der Waals surface area contributed by atoms with Crippen LogP contribution in [0.5, 0.6) is 0 Å². The molecular weight excluding hydrogens is 294 g/mol. The number of pyridine rings is 2. The third kappa shape index (κ3) is 4.60. The van der Waals surface area contributed by atoms with Crippen molar-refractivity contribution in [3.63, 3.8) is 0 Å². The SMILES string of the molecule is COC(=O)C(C)CN(Cc1ccncc1)C(=O)c1ccncc1. The van der Waals surface area contributed by atoms with E-state index < -0.39 is 5.92 Å². The normalized spacial score (nSPS) is 11.6. The second kappa shape index (κ2) is 8.03. The molecule has 23 heavy (non-hydrogen) atoms. The smallest absolute Gasteiger partial charge is 0.310 e. The molecule has 6 heteroatoms. The Balaban J connectivity index is 2.20. The van der Waals surface area contributed by atoms with Crippen molar-refractivity contribution in [2.24, 2.45) is 5.92 Å². The van der Waals surface area contributed by atoms with Gasteiger partial charge in [0, 0.05) is 43.4 Å². The van der Waals surface area contributed by atoms with Crippen LogP contribution in [0, 0.1) is 5.92 Å². The summed E-state index contributed by atoms with van der Waals surface area (Å²) in [4.78, 5) is 33.9. The van der Waals surface area contributed by atoms with Crippen molar-refractivity contribution in [3.8, 4) is 0 Å². The number of aromatic nitrogens is 2. The molecule has 120 valence electrons. The summed E-state index contributed by atoms with van der Waals surface area (Å²) in [6.45, 7) is 2.41. The van der Waals surface area contributed by atoms with E-state index in [1.165, 1.54) is 7.11 Å². The van der Waals surface area contributed by atoms with Crippen LogP contribution in [-0.2, 0) is 16.1 Å². The van der Waals surface area contributed by atoms with E-state index in [9.17, 15) is 9.59 Å². The number of amides is 1. The maximum atomic E-state index is 12.7. The molecule has 0 aliphatic rings. The van der Waals surface area contributed by atoms with E-state index in [2.05, 4.69) is 9.97 Å². The zero-order valence-electron chi connectivity index (χ0n) is 13.2. The van der Waals surface area contributed by atoms with Crippen molar-refractivity contribution in [1.29, 1.82) is 0 Å². The minimum Gasteiger partial charge on any atom is -0.469 e. The Hall–Kier alpha value is -2.76. The van der Waals surface area contributed by atoms with Crippen LogP contribution in [0.25, 0.3) is 0 Å². The Morgan fingerprint density at radius 2 is 1.65 bits per heavy atom. The molecular formula is C17H19N3O3. The van der Waals surface area contributed by atoms with Crippen LogP contribution in [0.15, 0.2) is 49.1 Å². The summed E-state index contributed by atoms with van der Waals surface area (Å²) in [5, 5.41) is 0. The van der Waals surface area contributed by atoms with E-state index >= 15 is 0 Å². The van der Waals surface area contributed by atoms with E-state index in [0.717, 1.165) is 5.56 Å². The number of carbonyl (C=O) groups excluding carboxylic acids is 2. The molecule has 1 unspecified atom stereocenters. The second-order valence-corrected chi connectivity index (χ2v) is 5.20. The Morgan fingerprint density at radius 1 is 1.09 bits per heavy atom. The van der Waals surface area contributed by atoms with Crippen LogP contribution in [0.2, 0.25) is 0 Å². The van der Waals surface area contributed by atoms with Crippen LogP contribution in [0.3, 0.4) is 0 Å². The first-order chi connectivity index (χ1) is 11.1. The molecule has 0 aromatic carbocycles. The molecule has 0 aliphatic carbocycles. The van der Waals surface area contributed by atoms with Crippen molar-refractivity contribution in [2.75, 3.05) is 13.7 Å². The van der Waals surface area contributed by atoms with Crippen LogP contribution < -0.4 is 0 Å². The summed E-state index contributed by atoms with van der Waals surface area (Å²) in [6, 6.07) is 7.00. The van der Waals surface area contributed by atoms with Crippen molar-refractivity contribution in [3.05, 3.63) is 60.2 Å². The van der Waals surface area contributed by atoms with Gasteiger partial charge in [0.25, 0.3) is 5.91 Å². The zero-order valence-corrected chi connectivity index (χ0v) is 13.2. The number of rotatable bonds is 6. The highest BCUT2D eigenvalue weighted by molar-refractivity contribution is 5.94. The Kier molecular flexibility index (Phi) is 5.80. The fourth-order valence-corrected chi connectivity index (χ4v) is 2.21. The molecule has 0 aliphatic heterocycles. The van der Waals surface area contributed by atoms with Crippen molar-refractivity contribution < 1.29 is 14.3 Å². The van der Waals surface area contributed by atoms with E-state index in [1.54, 1.807) is 48.7 Å². The van der Waals surface area contributed by atoms with Gasteiger partial charge in [0.2, 0.25) is 0 Å². The molecule has 2 heterocycles. The molecule has 0 fully saturated rings. The summed E-state index contributed by atoms with van der Waals surface area (Å²) in [7, 11) is 1.34. The number of methoxy groups -OCH3 is 1. The number of nitrogens with zero attached hydrogens (tertiary/aromatic N) is 3. The lowest BCUT2D eigenvalue weighted by molar-refractivity contribution is -0.145. The summed E-state index contributed by atoms with van der Waals surface area (Å²) < 4.78 is 4.75. The van der Waals surface area contributed by atoms with Gasteiger partial charge in [0.05, 0.1) is 13.0 Å². The minimum atomic E-state index is -0.410. The molecule has 0 N–H and O–H groups in total. The van der Waals surface area contributed by atoms with Gasteiger partial charge in [-0.1, -0.05) is 6.92 Å². The van der Waals surface area contributed by atoms with Crippen LogP contribution in [-0.4, -0.2) is 40.4 Å². The highest BCUT2D eigenvalue weighted by atomic mass is 16.5. The molecule has 0 bridgehead atoms. The Morgan fingerprint density at radius 3 is 2.22 bits per heavy atom. The van der Waals surface area contributed by atoms with Gasteiger partial charge in [-0.3, -0.25) is 19.6 Å². The Labute approximate surface area is 135 Å². The topological polar surface area (TPSA) is 72.4 Å². The maximum Gasteiger partial charge on any atom is 0.310 e. The lowest BCUT2D eigenvalue weighted by atomic mass is 10.1. The molecule has 1 amide bonds. The molecule has 1 atom stereocenters. The third-order valence-electron chi connectivity index (χ3n) is 3.44. The quantitative estimate of drug-likeness (QED) is 0.762. The van der Waals surface area contributed by atoms with E-state index in [1.807, 2.05) is 12.1 Å². The predicted molar refractivity (Wildman–Crippen MR) is 84.4 cm³/mol. The minimum absolute atomic E-state index is 0.153. The molecule has 0 spiro atoms. The highest BCUT2D eigenvalue weighted by Gasteiger charge is 2.22. The fraction of sp³-hybridized carbons (Fsp3) is 0.294. The van der Waals surface area contributed by atoms with Gasteiger partial charge in [-0.2, -0.15) is 0 Å². The summed E-state index contributed by atoms with van der Waals surface area (Å²) in [5.74, 6) is -0.903. The fourth-order valence-electron chi connectivity index (χ4n) is 2.21. The number of hydrogen-bond donors (Lipinski definition) is 0. The molecule has 0 radical (unpaired) electrons. The molecule has 6 nitrogen and oxygen atoms in total.